The maximum absolute atomic E-state index is 4.09. The minimum atomic E-state index is 0.779. The van der Waals surface area contributed by atoms with Gasteiger partial charge in [-0.1, -0.05) is 18.7 Å². The first kappa shape index (κ1) is 6.96. The zero-order valence-electron chi connectivity index (χ0n) is 6.92. The van der Waals surface area contributed by atoms with Crippen molar-refractivity contribution in [2.45, 2.75) is 31.7 Å². The van der Waals surface area contributed by atoms with Gasteiger partial charge in [0.05, 0.1) is 0 Å². The Bertz CT molecular complexity index is 193. The Morgan fingerprint density at radius 2 is 2.36 bits per heavy atom. The summed E-state index contributed by atoms with van der Waals surface area (Å²) in [5.74, 6) is 0. The molecule has 1 heteroatoms. The zero-order chi connectivity index (χ0) is 7.68. The summed E-state index contributed by atoms with van der Waals surface area (Å²) in [6.45, 7) is 5.19. The minimum absolute atomic E-state index is 0.779. The first-order chi connectivity index (χ1) is 5.38. The Labute approximate surface area is 68.4 Å². The monoisotopic (exact) mass is 149 g/mol. The van der Waals surface area contributed by atoms with Gasteiger partial charge in [-0.05, 0) is 25.7 Å². The molecule has 1 nitrogen and oxygen atoms in total. The molecule has 0 aromatic rings. The maximum Gasteiger partial charge on any atom is 0.0359 e. The van der Waals surface area contributed by atoms with Gasteiger partial charge in [0, 0.05) is 18.3 Å². The van der Waals surface area contributed by atoms with Crippen LogP contribution in [0.4, 0.5) is 0 Å². The van der Waals surface area contributed by atoms with Crippen molar-refractivity contribution in [3.8, 4) is 0 Å². The fourth-order valence-corrected chi connectivity index (χ4v) is 2.06. The number of hydrogen-bond acceptors (Lipinski definition) is 1. The first-order valence-electron chi connectivity index (χ1n) is 4.47. The maximum atomic E-state index is 4.09. The second-order valence-electron chi connectivity index (χ2n) is 3.47. The Morgan fingerprint density at radius 3 is 3.18 bits per heavy atom. The van der Waals surface area contributed by atoms with Crippen molar-refractivity contribution in [1.29, 1.82) is 0 Å². The second-order valence-corrected chi connectivity index (χ2v) is 3.47. The van der Waals surface area contributed by atoms with E-state index in [1.807, 2.05) is 0 Å². The minimum Gasteiger partial charge on any atom is -0.368 e. The van der Waals surface area contributed by atoms with Crippen LogP contribution in [0.1, 0.15) is 25.7 Å². The molecule has 2 heterocycles. The normalized spacial score (nSPS) is 30.4. The lowest BCUT2D eigenvalue weighted by Gasteiger charge is -2.40. The molecule has 0 radical (unpaired) electrons. The average molecular weight is 149 g/mol. The predicted octanol–water partition coefficient (Wildman–Crippen LogP) is 2.31. The standard InChI is InChI=1S/C10H15N/c1-9-5-4-7-10-6-2-3-8-11(9)10/h2-3,10H,1,4-8H2. The summed E-state index contributed by atoms with van der Waals surface area (Å²) < 4.78 is 0. The molecule has 0 aliphatic carbocycles. The van der Waals surface area contributed by atoms with Gasteiger partial charge in [-0.25, -0.2) is 0 Å². The predicted molar refractivity (Wildman–Crippen MR) is 47.2 cm³/mol. The Morgan fingerprint density at radius 1 is 1.45 bits per heavy atom. The Balaban J connectivity index is 2.13. The van der Waals surface area contributed by atoms with E-state index in [-0.39, 0.29) is 0 Å². The summed E-state index contributed by atoms with van der Waals surface area (Å²) in [6, 6.07) is 0.779. The molecule has 0 bridgehead atoms. The van der Waals surface area contributed by atoms with E-state index in [2.05, 4.69) is 23.6 Å². The summed E-state index contributed by atoms with van der Waals surface area (Å²) in [6.07, 6.45) is 9.72. The van der Waals surface area contributed by atoms with Gasteiger partial charge in [-0.3, -0.25) is 0 Å². The highest BCUT2D eigenvalue weighted by Crippen LogP contribution is 2.28. The van der Waals surface area contributed by atoms with Crippen molar-refractivity contribution >= 4 is 0 Å². The van der Waals surface area contributed by atoms with Crippen LogP contribution >= 0.6 is 0 Å². The third kappa shape index (κ3) is 1.20. The van der Waals surface area contributed by atoms with E-state index >= 15 is 0 Å². The van der Waals surface area contributed by atoms with Crippen molar-refractivity contribution in [3.05, 3.63) is 24.4 Å². The molecule has 2 aliphatic heterocycles. The molecule has 0 aromatic carbocycles. The van der Waals surface area contributed by atoms with Gasteiger partial charge in [0.1, 0.15) is 0 Å². The molecular weight excluding hydrogens is 134 g/mol. The molecule has 0 amide bonds. The number of nitrogens with zero attached hydrogens (tertiary/aromatic N) is 1. The van der Waals surface area contributed by atoms with Crippen molar-refractivity contribution < 1.29 is 0 Å². The summed E-state index contributed by atoms with van der Waals surface area (Å²) in [4.78, 5) is 2.46. The van der Waals surface area contributed by atoms with Gasteiger partial charge in [-0.2, -0.15) is 0 Å². The molecule has 60 valence electrons. The van der Waals surface area contributed by atoms with Crippen molar-refractivity contribution in [3.63, 3.8) is 0 Å². The van der Waals surface area contributed by atoms with Crippen LogP contribution in [-0.2, 0) is 0 Å². The molecule has 1 saturated heterocycles. The molecule has 1 atom stereocenters. The Kier molecular flexibility index (Phi) is 1.72. The van der Waals surface area contributed by atoms with Gasteiger partial charge >= 0.3 is 0 Å². The highest BCUT2D eigenvalue weighted by Gasteiger charge is 2.23. The molecular formula is C10H15N. The quantitative estimate of drug-likeness (QED) is 0.478. The third-order valence-corrected chi connectivity index (χ3v) is 2.73. The van der Waals surface area contributed by atoms with E-state index < -0.39 is 0 Å². The van der Waals surface area contributed by atoms with E-state index in [4.69, 9.17) is 0 Å². The first-order valence-corrected chi connectivity index (χ1v) is 4.47. The highest BCUT2D eigenvalue weighted by molar-refractivity contribution is 5.08. The molecule has 0 saturated carbocycles. The zero-order valence-corrected chi connectivity index (χ0v) is 6.92. The highest BCUT2D eigenvalue weighted by atomic mass is 15.2. The van der Waals surface area contributed by atoms with Gasteiger partial charge in [0.25, 0.3) is 0 Å². The molecule has 11 heavy (non-hydrogen) atoms. The number of allylic oxidation sites excluding steroid dienone is 1. The van der Waals surface area contributed by atoms with Crippen LogP contribution in [0, 0.1) is 0 Å². The fourth-order valence-electron chi connectivity index (χ4n) is 2.06. The summed E-state index contributed by atoms with van der Waals surface area (Å²) in [5.41, 5.74) is 1.35. The van der Waals surface area contributed by atoms with Crippen LogP contribution in [0.15, 0.2) is 24.4 Å². The topological polar surface area (TPSA) is 3.24 Å². The van der Waals surface area contributed by atoms with Crippen molar-refractivity contribution in [1.82, 2.24) is 4.90 Å². The SMILES string of the molecule is C=C1CCCC2CC=CCN12. The van der Waals surface area contributed by atoms with Gasteiger partial charge in [0.2, 0.25) is 0 Å². The van der Waals surface area contributed by atoms with Crippen LogP contribution < -0.4 is 0 Å². The Hall–Kier alpha value is -0.720. The summed E-state index contributed by atoms with van der Waals surface area (Å²) in [7, 11) is 0. The molecule has 1 unspecified atom stereocenters. The van der Waals surface area contributed by atoms with E-state index in [1.54, 1.807) is 0 Å². The number of rotatable bonds is 0. The van der Waals surface area contributed by atoms with Gasteiger partial charge in [-0.15, -0.1) is 0 Å². The smallest absolute Gasteiger partial charge is 0.0359 e. The van der Waals surface area contributed by atoms with Crippen LogP contribution in [0.5, 0.6) is 0 Å². The van der Waals surface area contributed by atoms with Crippen LogP contribution in [0.2, 0.25) is 0 Å². The molecule has 0 spiro atoms. The van der Waals surface area contributed by atoms with Crippen LogP contribution in [0.25, 0.3) is 0 Å². The number of piperidine rings is 1. The summed E-state index contributed by atoms with van der Waals surface area (Å²) in [5, 5.41) is 0. The number of fused-ring (bicyclic) bond motifs is 1. The fraction of sp³-hybridized carbons (Fsp3) is 0.600. The van der Waals surface area contributed by atoms with Gasteiger partial charge < -0.3 is 4.90 Å². The van der Waals surface area contributed by atoms with E-state index in [1.165, 1.54) is 31.4 Å². The largest absolute Gasteiger partial charge is 0.368 e. The molecule has 2 rings (SSSR count). The molecule has 0 aromatic heterocycles. The summed E-state index contributed by atoms with van der Waals surface area (Å²) >= 11 is 0. The lowest BCUT2D eigenvalue weighted by Crippen LogP contribution is -2.39. The molecule has 1 fully saturated rings. The third-order valence-electron chi connectivity index (χ3n) is 2.73. The lowest BCUT2D eigenvalue weighted by atomic mass is 9.95. The average Bonchev–Trinajstić information content (AvgIpc) is 2.06. The van der Waals surface area contributed by atoms with E-state index in [0.717, 1.165) is 12.6 Å². The second kappa shape index (κ2) is 2.72. The van der Waals surface area contributed by atoms with Crippen molar-refractivity contribution in [2.75, 3.05) is 6.54 Å². The lowest BCUT2D eigenvalue weighted by molar-refractivity contribution is 0.211. The van der Waals surface area contributed by atoms with Crippen LogP contribution in [-0.4, -0.2) is 17.5 Å². The molecule has 2 aliphatic rings. The molecule has 0 N–H and O–H groups in total. The van der Waals surface area contributed by atoms with E-state index in [9.17, 15) is 0 Å². The van der Waals surface area contributed by atoms with Crippen molar-refractivity contribution in [2.24, 2.45) is 0 Å². The number of hydrogen-bond donors (Lipinski definition) is 0. The van der Waals surface area contributed by atoms with Crippen LogP contribution in [0.3, 0.4) is 0 Å². The van der Waals surface area contributed by atoms with Gasteiger partial charge in [0.15, 0.2) is 0 Å². The van der Waals surface area contributed by atoms with E-state index in [0.29, 0.717) is 0 Å².